The molecule has 1 saturated carbocycles. The Bertz CT molecular complexity index is 489. The van der Waals surface area contributed by atoms with Crippen LogP contribution < -0.4 is 0 Å². The van der Waals surface area contributed by atoms with Crippen molar-refractivity contribution in [2.75, 3.05) is 7.11 Å². The van der Waals surface area contributed by atoms with E-state index >= 15 is 0 Å². The predicted octanol–water partition coefficient (Wildman–Crippen LogP) is 5.46. The van der Waals surface area contributed by atoms with Crippen molar-refractivity contribution < 1.29 is 35.8 Å². The molecule has 0 amide bonds. The normalized spacial score (nSPS) is 18.6. The molecule has 24 heavy (non-hydrogen) atoms. The first-order valence-corrected chi connectivity index (χ1v) is 8.82. The van der Waals surface area contributed by atoms with Crippen LogP contribution in [0.15, 0.2) is 17.9 Å². The Morgan fingerprint density at radius 2 is 1.50 bits per heavy atom. The molecule has 2 aliphatic carbocycles. The van der Waals surface area contributed by atoms with Crippen molar-refractivity contribution in [3.63, 3.8) is 0 Å². The summed E-state index contributed by atoms with van der Waals surface area (Å²) >= 11 is 14.5. The Morgan fingerprint density at radius 3 is 1.88 bits per heavy atom. The third-order valence-corrected chi connectivity index (χ3v) is 8.13. The van der Waals surface area contributed by atoms with Crippen LogP contribution in [-0.2, 0) is 35.8 Å². The van der Waals surface area contributed by atoms with Gasteiger partial charge < -0.3 is 4.74 Å². The fourth-order valence-electron chi connectivity index (χ4n) is 1.97. The van der Waals surface area contributed by atoms with E-state index in [4.69, 9.17) is 18.7 Å². The fraction of sp³-hybridized carbons (Fsp3) is 0.267. The predicted molar refractivity (Wildman–Crippen MR) is 96.4 cm³/mol. The van der Waals surface area contributed by atoms with Gasteiger partial charge in [-0.05, 0) is 57.5 Å². The Kier molecular flexibility index (Phi) is 20.3. The van der Waals surface area contributed by atoms with E-state index in [2.05, 4.69) is 96.5 Å². The van der Waals surface area contributed by atoms with E-state index < -0.39 is 0 Å². The van der Waals surface area contributed by atoms with Crippen LogP contribution >= 0.6 is 63.7 Å². The molecule has 4 radical (unpaired) electrons. The second kappa shape index (κ2) is 16.3. The van der Waals surface area contributed by atoms with Gasteiger partial charge in [-0.25, -0.2) is 0 Å². The zero-order valence-electron chi connectivity index (χ0n) is 12.1. The SMILES string of the molecule is CO[C]1[CH][CH]C2(C[CH]1)CC(Br)=C(Br)C(Br)=C2Br.[C-]#[O+].[C-]#[O+].[C-]#[O+].[Fe]. The number of hydrogen-bond donors (Lipinski definition) is 0. The summed E-state index contributed by atoms with van der Waals surface area (Å²) in [7, 11) is 1.70. The second-order valence-electron chi connectivity index (χ2n) is 4.03. The molecule has 0 aromatic heterocycles. The molecule has 2 rings (SSSR count). The molecule has 0 aliphatic heterocycles. The summed E-state index contributed by atoms with van der Waals surface area (Å²) in [5.41, 5.74) is -0.00301. The zero-order chi connectivity index (χ0) is 18.6. The monoisotopic (exact) mass is 626 g/mol. The maximum absolute atomic E-state index is 7.50. The van der Waals surface area contributed by atoms with Crippen LogP contribution in [0.5, 0.6) is 0 Å². The van der Waals surface area contributed by atoms with E-state index in [1.807, 2.05) is 6.42 Å². The van der Waals surface area contributed by atoms with Crippen LogP contribution in [0.25, 0.3) is 0 Å². The topological polar surface area (TPSA) is 68.9 Å². The summed E-state index contributed by atoms with van der Waals surface area (Å²) in [6.07, 6.45) is 9.16. The van der Waals surface area contributed by atoms with Gasteiger partial charge in [-0.1, -0.05) is 31.9 Å². The van der Waals surface area contributed by atoms with Gasteiger partial charge in [-0.3, -0.25) is 0 Å². The van der Waals surface area contributed by atoms with Crippen LogP contribution in [0.1, 0.15) is 12.8 Å². The first kappa shape index (κ1) is 29.8. The number of halogens is 4. The van der Waals surface area contributed by atoms with Gasteiger partial charge in [0.05, 0.1) is 0 Å². The minimum absolute atomic E-state index is 0. The Balaban J connectivity index is -0.000000569. The molecule has 9 heteroatoms. The van der Waals surface area contributed by atoms with Crippen molar-refractivity contribution in [3.8, 4) is 0 Å². The average Bonchev–Trinajstić information content (AvgIpc) is 2.64. The molecule has 2 aliphatic rings. The Labute approximate surface area is 186 Å². The minimum atomic E-state index is -0.00301. The molecular formula is C15H10Br4FeO4. The third-order valence-electron chi connectivity index (χ3n) is 3.00. The molecule has 0 heterocycles. The molecule has 0 bridgehead atoms. The quantitative estimate of drug-likeness (QED) is 0.216. The number of hydrogen-bond acceptors (Lipinski definition) is 1. The molecule has 1 atom stereocenters. The molecule has 4 nitrogen and oxygen atoms in total. The largest absolute Gasteiger partial charge is 0 e. The standard InChI is InChI=1S/C12H10Br4O.3CO.Fe/c1-17-7-2-4-12(5-3-7)6-8(13)9(14)10(15)11(12)16;3*1-2;/h2-4H,5-6H2,1H3;;;;. The van der Waals surface area contributed by atoms with E-state index in [-0.39, 0.29) is 22.5 Å². The van der Waals surface area contributed by atoms with E-state index in [1.165, 1.54) is 8.96 Å². The summed E-state index contributed by atoms with van der Waals surface area (Å²) in [4.78, 5) is 0. The molecular weight excluding hydrogens is 620 g/mol. The van der Waals surface area contributed by atoms with Crippen LogP contribution in [0.4, 0.5) is 0 Å². The molecule has 0 N–H and O–H groups in total. The maximum Gasteiger partial charge on any atom is 0 e. The first-order chi connectivity index (χ1) is 11.0. The Morgan fingerprint density at radius 1 is 1.00 bits per heavy atom. The van der Waals surface area contributed by atoms with Gasteiger partial charge in [-0.15, -0.1) is 0 Å². The van der Waals surface area contributed by atoms with Crippen LogP contribution in [0.3, 0.4) is 0 Å². The second-order valence-corrected chi connectivity index (χ2v) is 7.36. The van der Waals surface area contributed by atoms with Crippen molar-refractivity contribution in [2.45, 2.75) is 12.8 Å². The van der Waals surface area contributed by atoms with Gasteiger partial charge >= 0.3 is 33.9 Å². The first-order valence-electron chi connectivity index (χ1n) is 5.65. The van der Waals surface area contributed by atoms with Gasteiger partial charge in [0.2, 0.25) is 0 Å². The summed E-state index contributed by atoms with van der Waals surface area (Å²) < 4.78 is 32.2. The number of methoxy groups -OCH3 is 1. The van der Waals surface area contributed by atoms with E-state index in [0.717, 1.165) is 27.9 Å². The smallest absolute Gasteiger partial charge is 0 e. The van der Waals surface area contributed by atoms with Crippen molar-refractivity contribution in [3.05, 3.63) is 63.2 Å². The van der Waals surface area contributed by atoms with Crippen molar-refractivity contribution >= 4 is 63.7 Å². The fourth-order valence-corrected chi connectivity index (χ4v) is 4.81. The van der Waals surface area contributed by atoms with Gasteiger partial charge in [-0.2, -0.15) is 0 Å². The Hall–Kier alpha value is 1.10. The van der Waals surface area contributed by atoms with Gasteiger partial charge in [0, 0.05) is 53.9 Å². The maximum atomic E-state index is 7.50. The van der Waals surface area contributed by atoms with Crippen LogP contribution in [0, 0.1) is 50.7 Å². The van der Waals surface area contributed by atoms with Crippen molar-refractivity contribution in [2.24, 2.45) is 5.41 Å². The van der Waals surface area contributed by atoms with Gasteiger partial charge in [0.25, 0.3) is 0 Å². The number of allylic oxidation sites excluding steroid dienone is 4. The summed E-state index contributed by atoms with van der Waals surface area (Å²) in [5, 5.41) is 0. The molecule has 1 unspecified atom stereocenters. The summed E-state index contributed by atoms with van der Waals surface area (Å²) in [6, 6.07) is 0. The van der Waals surface area contributed by atoms with Gasteiger partial charge in [0.15, 0.2) is 0 Å². The van der Waals surface area contributed by atoms with Gasteiger partial charge in [0.1, 0.15) is 6.10 Å². The van der Waals surface area contributed by atoms with Crippen LogP contribution in [0.2, 0.25) is 0 Å². The zero-order valence-corrected chi connectivity index (χ0v) is 19.6. The average molecular weight is 630 g/mol. The van der Waals surface area contributed by atoms with E-state index in [1.54, 1.807) is 7.11 Å². The number of ether oxygens (including phenoxy) is 1. The molecule has 1 fully saturated rings. The molecule has 0 aromatic carbocycles. The van der Waals surface area contributed by atoms with Crippen molar-refractivity contribution in [1.29, 1.82) is 0 Å². The minimum Gasteiger partial charge on any atom is 0 e. The summed E-state index contributed by atoms with van der Waals surface area (Å²) in [6.45, 7) is 13.5. The van der Waals surface area contributed by atoms with E-state index in [0.29, 0.717) is 0 Å². The molecule has 0 aromatic rings. The molecule has 0 saturated heterocycles. The van der Waals surface area contributed by atoms with Crippen LogP contribution in [-0.4, -0.2) is 7.11 Å². The van der Waals surface area contributed by atoms with Crippen molar-refractivity contribution in [1.82, 2.24) is 0 Å². The molecule has 130 valence electrons. The summed E-state index contributed by atoms with van der Waals surface area (Å²) in [5.74, 6) is 0. The third kappa shape index (κ3) is 7.77. The van der Waals surface area contributed by atoms with E-state index in [9.17, 15) is 0 Å². The number of rotatable bonds is 1. The molecule has 1 spiro atoms.